The van der Waals surface area contributed by atoms with Crippen LogP contribution in [0.5, 0.6) is 0 Å². The van der Waals surface area contributed by atoms with Gasteiger partial charge in [-0.1, -0.05) is 5.16 Å². The van der Waals surface area contributed by atoms with Gasteiger partial charge in [-0.3, -0.25) is 18.7 Å². The second kappa shape index (κ2) is 5.71. The van der Waals surface area contributed by atoms with Crippen LogP contribution >= 0.6 is 0 Å². The number of aromatic nitrogens is 4. The minimum Gasteiger partial charge on any atom is -0.396 e. The summed E-state index contributed by atoms with van der Waals surface area (Å²) in [5.41, 5.74) is 3.37. The monoisotopic (exact) mass is 295 g/mol. The first-order valence-corrected chi connectivity index (χ1v) is 5.96. The Morgan fingerprint density at radius 1 is 1.48 bits per heavy atom. The average Bonchev–Trinajstić information content (AvgIpc) is 2.87. The number of hydrogen-bond acceptors (Lipinski definition) is 7. The molecular weight excluding hydrogens is 282 g/mol. The average molecular weight is 295 g/mol. The third-order valence-corrected chi connectivity index (χ3v) is 2.77. The van der Waals surface area contributed by atoms with E-state index < -0.39 is 17.2 Å². The van der Waals surface area contributed by atoms with Gasteiger partial charge >= 0.3 is 5.69 Å². The number of carbonyl (C=O) groups is 1. The van der Waals surface area contributed by atoms with Gasteiger partial charge < -0.3 is 15.4 Å². The topological polar surface area (TPSA) is 146 Å². The molecule has 0 aromatic carbocycles. The van der Waals surface area contributed by atoms with Crippen LogP contribution < -0.4 is 17.0 Å². The molecule has 0 saturated carbocycles. The van der Waals surface area contributed by atoms with E-state index >= 15 is 0 Å². The van der Waals surface area contributed by atoms with E-state index in [1.165, 1.54) is 7.05 Å². The summed E-state index contributed by atoms with van der Waals surface area (Å²) in [6, 6.07) is 0. The summed E-state index contributed by atoms with van der Waals surface area (Å²) in [5.74, 6) is -0.536. The number of hydrogen-bond donors (Lipinski definition) is 2. The fourth-order valence-electron chi connectivity index (χ4n) is 1.71. The van der Waals surface area contributed by atoms with Crippen LogP contribution in [0.1, 0.15) is 22.1 Å². The van der Waals surface area contributed by atoms with Crippen molar-refractivity contribution >= 4 is 5.91 Å². The molecule has 0 fully saturated rings. The standard InChI is InChI=1S/C11H13N5O5/c1-15-10(19)6(9(12)18)4-16(11(15)20)5-8-13-7(2-3-17)14-21-8/h4,17H,2-3,5H2,1H3,(H2,12,18). The highest BCUT2D eigenvalue weighted by molar-refractivity contribution is 5.92. The van der Waals surface area contributed by atoms with Crippen molar-refractivity contribution in [3.63, 3.8) is 0 Å². The lowest BCUT2D eigenvalue weighted by molar-refractivity contribution is 0.0997. The Labute approximate surface area is 117 Å². The maximum atomic E-state index is 11.9. The van der Waals surface area contributed by atoms with E-state index in [2.05, 4.69) is 10.1 Å². The van der Waals surface area contributed by atoms with Gasteiger partial charge in [-0.05, 0) is 0 Å². The van der Waals surface area contributed by atoms with Crippen LogP contribution in [-0.4, -0.2) is 36.9 Å². The summed E-state index contributed by atoms with van der Waals surface area (Å²) in [6.07, 6.45) is 1.28. The number of primary amides is 1. The van der Waals surface area contributed by atoms with Crippen LogP contribution in [-0.2, 0) is 20.0 Å². The van der Waals surface area contributed by atoms with Gasteiger partial charge in [0.1, 0.15) is 12.1 Å². The summed E-state index contributed by atoms with van der Waals surface area (Å²) in [4.78, 5) is 38.8. The molecule has 21 heavy (non-hydrogen) atoms. The number of aliphatic hydroxyl groups excluding tert-OH is 1. The van der Waals surface area contributed by atoms with Gasteiger partial charge in [-0.15, -0.1) is 0 Å². The quantitative estimate of drug-likeness (QED) is 0.625. The number of carbonyl (C=O) groups excluding carboxylic acids is 1. The first-order chi connectivity index (χ1) is 9.93. The molecule has 0 bridgehead atoms. The lowest BCUT2D eigenvalue weighted by atomic mass is 10.3. The van der Waals surface area contributed by atoms with Crippen molar-refractivity contribution in [2.75, 3.05) is 6.61 Å². The van der Waals surface area contributed by atoms with Crippen molar-refractivity contribution in [2.24, 2.45) is 12.8 Å². The summed E-state index contributed by atoms with van der Waals surface area (Å²) in [6.45, 7) is -0.254. The van der Waals surface area contributed by atoms with E-state index in [1.807, 2.05) is 0 Å². The molecule has 1 amide bonds. The highest BCUT2D eigenvalue weighted by Crippen LogP contribution is 2.00. The number of aliphatic hydroxyl groups is 1. The second-order valence-corrected chi connectivity index (χ2v) is 4.26. The van der Waals surface area contributed by atoms with Gasteiger partial charge in [0.05, 0.1) is 6.61 Å². The van der Waals surface area contributed by atoms with Gasteiger partial charge in [0.2, 0.25) is 5.89 Å². The summed E-state index contributed by atoms with van der Waals surface area (Å²) < 4.78 is 6.75. The molecule has 2 heterocycles. The second-order valence-electron chi connectivity index (χ2n) is 4.26. The Morgan fingerprint density at radius 3 is 2.81 bits per heavy atom. The fraction of sp³-hybridized carbons (Fsp3) is 0.364. The van der Waals surface area contributed by atoms with Crippen molar-refractivity contribution in [1.29, 1.82) is 0 Å². The molecule has 3 N–H and O–H groups in total. The van der Waals surface area contributed by atoms with Gasteiger partial charge in [0.15, 0.2) is 5.82 Å². The predicted octanol–water partition coefficient (Wildman–Crippen LogP) is -2.39. The Bertz CT molecular complexity index is 787. The van der Waals surface area contributed by atoms with Crippen LogP contribution in [0.15, 0.2) is 20.3 Å². The minimum atomic E-state index is -0.934. The van der Waals surface area contributed by atoms with Crippen LogP contribution in [0.2, 0.25) is 0 Å². The smallest absolute Gasteiger partial charge is 0.331 e. The largest absolute Gasteiger partial charge is 0.396 e. The van der Waals surface area contributed by atoms with Crippen LogP contribution in [0.25, 0.3) is 0 Å². The zero-order chi connectivity index (χ0) is 15.6. The summed E-state index contributed by atoms with van der Waals surface area (Å²) in [7, 11) is 1.23. The number of rotatable bonds is 5. The molecule has 0 spiro atoms. The molecule has 0 atom stereocenters. The van der Waals surface area contributed by atoms with E-state index in [9.17, 15) is 14.4 Å². The Hall–Kier alpha value is -2.75. The van der Waals surface area contributed by atoms with Crippen LogP contribution in [0.3, 0.4) is 0 Å². The third-order valence-electron chi connectivity index (χ3n) is 2.77. The van der Waals surface area contributed by atoms with Gasteiger partial charge in [0.25, 0.3) is 11.5 Å². The highest BCUT2D eigenvalue weighted by atomic mass is 16.5. The third kappa shape index (κ3) is 2.89. The lowest BCUT2D eigenvalue weighted by Crippen LogP contribution is -2.41. The van der Waals surface area contributed by atoms with E-state index in [-0.39, 0.29) is 31.0 Å². The van der Waals surface area contributed by atoms with Crippen molar-refractivity contribution in [3.8, 4) is 0 Å². The molecular formula is C11H13N5O5. The van der Waals surface area contributed by atoms with E-state index in [0.29, 0.717) is 5.82 Å². The minimum absolute atomic E-state index is 0.106. The highest BCUT2D eigenvalue weighted by Gasteiger charge is 2.15. The van der Waals surface area contributed by atoms with E-state index in [4.69, 9.17) is 15.4 Å². The molecule has 0 radical (unpaired) electrons. The maximum Gasteiger partial charge on any atom is 0.331 e. The zero-order valence-electron chi connectivity index (χ0n) is 11.1. The molecule has 0 aliphatic carbocycles. The van der Waals surface area contributed by atoms with E-state index in [0.717, 1.165) is 15.3 Å². The fourth-order valence-corrected chi connectivity index (χ4v) is 1.71. The van der Waals surface area contributed by atoms with Crippen molar-refractivity contribution in [3.05, 3.63) is 44.3 Å². The normalized spacial score (nSPS) is 10.8. The van der Waals surface area contributed by atoms with Gasteiger partial charge in [-0.25, -0.2) is 4.79 Å². The first kappa shape index (κ1) is 14.7. The van der Waals surface area contributed by atoms with Crippen LogP contribution in [0, 0.1) is 0 Å². The zero-order valence-corrected chi connectivity index (χ0v) is 11.1. The van der Waals surface area contributed by atoms with Crippen molar-refractivity contribution in [1.82, 2.24) is 19.3 Å². The maximum absolute atomic E-state index is 11.9. The van der Waals surface area contributed by atoms with Gasteiger partial charge in [-0.2, -0.15) is 4.98 Å². The molecule has 2 aromatic heterocycles. The molecule has 0 saturated heterocycles. The molecule has 2 rings (SSSR count). The molecule has 0 aliphatic heterocycles. The van der Waals surface area contributed by atoms with Gasteiger partial charge in [0, 0.05) is 19.7 Å². The molecule has 10 nitrogen and oxygen atoms in total. The van der Waals surface area contributed by atoms with Crippen molar-refractivity contribution in [2.45, 2.75) is 13.0 Å². The first-order valence-electron chi connectivity index (χ1n) is 5.96. The molecule has 0 unspecified atom stereocenters. The number of nitrogens with zero attached hydrogens (tertiary/aromatic N) is 4. The van der Waals surface area contributed by atoms with Crippen LogP contribution in [0.4, 0.5) is 0 Å². The molecule has 112 valence electrons. The Balaban J connectivity index is 2.41. The molecule has 10 heteroatoms. The lowest BCUT2D eigenvalue weighted by Gasteiger charge is -2.06. The van der Waals surface area contributed by atoms with Crippen molar-refractivity contribution < 1.29 is 14.4 Å². The molecule has 2 aromatic rings. The number of nitrogens with two attached hydrogens (primary N) is 1. The predicted molar refractivity (Wildman–Crippen MR) is 68.7 cm³/mol. The van der Waals surface area contributed by atoms with E-state index in [1.54, 1.807) is 0 Å². The molecule has 0 aliphatic rings. The Morgan fingerprint density at radius 2 is 2.19 bits per heavy atom. The number of amides is 1. The summed E-state index contributed by atoms with van der Waals surface area (Å²) in [5, 5.41) is 12.4. The summed E-state index contributed by atoms with van der Waals surface area (Å²) >= 11 is 0. The Kier molecular flexibility index (Phi) is 3.98. The SMILES string of the molecule is Cn1c(=O)c(C(N)=O)cn(Cc2nc(CCO)no2)c1=O.